The van der Waals surface area contributed by atoms with Gasteiger partial charge in [0.1, 0.15) is 11.3 Å². The Morgan fingerprint density at radius 3 is 2.94 bits per heavy atom. The number of furan rings is 1. The molecule has 0 aliphatic carbocycles. The molecule has 17 heavy (non-hydrogen) atoms. The molecule has 2 rings (SSSR count). The van der Waals surface area contributed by atoms with Crippen molar-refractivity contribution in [1.29, 1.82) is 0 Å². The van der Waals surface area contributed by atoms with Crippen molar-refractivity contribution in [1.82, 2.24) is 5.32 Å². The van der Waals surface area contributed by atoms with E-state index in [0.29, 0.717) is 6.61 Å². The lowest BCUT2D eigenvalue weighted by Crippen LogP contribution is -2.24. The van der Waals surface area contributed by atoms with Crippen molar-refractivity contribution < 1.29 is 9.15 Å². The molecule has 0 aliphatic rings. The van der Waals surface area contributed by atoms with Crippen LogP contribution in [0.15, 0.2) is 33.2 Å². The number of rotatable bonds is 5. The molecule has 1 unspecified atom stereocenters. The second kappa shape index (κ2) is 5.67. The van der Waals surface area contributed by atoms with Crippen molar-refractivity contribution in [3.63, 3.8) is 0 Å². The van der Waals surface area contributed by atoms with Gasteiger partial charge in [0.25, 0.3) is 0 Å². The number of nitrogens with one attached hydrogen (secondary N) is 1. The van der Waals surface area contributed by atoms with E-state index < -0.39 is 0 Å². The van der Waals surface area contributed by atoms with Crippen LogP contribution in [-0.2, 0) is 4.74 Å². The first-order chi connectivity index (χ1) is 8.26. The quantitative estimate of drug-likeness (QED) is 0.917. The van der Waals surface area contributed by atoms with Gasteiger partial charge in [0.05, 0.1) is 17.1 Å². The largest absolute Gasteiger partial charge is 0.458 e. The lowest BCUT2D eigenvalue weighted by Gasteiger charge is -2.13. The summed E-state index contributed by atoms with van der Waals surface area (Å²) in [5.74, 6) is 0.913. The topological polar surface area (TPSA) is 34.4 Å². The zero-order valence-corrected chi connectivity index (χ0v) is 11.6. The summed E-state index contributed by atoms with van der Waals surface area (Å²) in [6, 6.07) is 8.19. The number of hydrogen-bond acceptors (Lipinski definition) is 3. The molecule has 3 nitrogen and oxygen atoms in total. The number of benzene rings is 1. The van der Waals surface area contributed by atoms with E-state index in [4.69, 9.17) is 9.15 Å². The molecule has 92 valence electrons. The minimum Gasteiger partial charge on any atom is -0.458 e. The summed E-state index contributed by atoms with van der Waals surface area (Å²) in [5, 5.41) is 4.45. The highest BCUT2D eigenvalue weighted by molar-refractivity contribution is 9.10. The summed E-state index contributed by atoms with van der Waals surface area (Å²) in [4.78, 5) is 0. The molecule has 1 heterocycles. The molecule has 1 atom stereocenters. The maximum Gasteiger partial charge on any atom is 0.148 e. The van der Waals surface area contributed by atoms with Gasteiger partial charge in [-0.1, -0.05) is 19.1 Å². The van der Waals surface area contributed by atoms with E-state index >= 15 is 0 Å². The Labute approximate surface area is 109 Å². The van der Waals surface area contributed by atoms with Gasteiger partial charge in [-0.25, -0.2) is 0 Å². The molecule has 0 spiro atoms. The third-order valence-corrected chi connectivity index (χ3v) is 3.27. The van der Waals surface area contributed by atoms with Crippen LogP contribution in [-0.4, -0.2) is 20.3 Å². The zero-order valence-electron chi connectivity index (χ0n) is 10.00. The van der Waals surface area contributed by atoms with Crippen molar-refractivity contribution >= 4 is 26.9 Å². The third kappa shape index (κ3) is 2.70. The second-order valence-electron chi connectivity index (χ2n) is 3.87. The van der Waals surface area contributed by atoms with Gasteiger partial charge in [-0.05, 0) is 34.6 Å². The molecule has 0 bridgehead atoms. The maximum atomic E-state index is 5.88. The number of halogens is 1. The van der Waals surface area contributed by atoms with Crippen LogP contribution in [0.3, 0.4) is 0 Å². The number of fused-ring (bicyclic) bond motifs is 1. The lowest BCUT2D eigenvalue weighted by atomic mass is 10.2. The SMILES string of the molecule is CCNC(COC)c1cc2cccc(Br)c2o1. The Bertz CT molecular complexity index is 489. The summed E-state index contributed by atoms with van der Waals surface area (Å²) in [7, 11) is 1.70. The fourth-order valence-corrected chi connectivity index (χ4v) is 2.34. The first kappa shape index (κ1) is 12.6. The highest BCUT2D eigenvalue weighted by Gasteiger charge is 2.16. The minimum absolute atomic E-state index is 0.101. The van der Waals surface area contributed by atoms with Crippen LogP contribution in [0.1, 0.15) is 18.7 Å². The van der Waals surface area contributed by atoms with E-state index in [1.807, 2.05) is 18.2 Å². The molecule has 2 aromatic rings. The van der Waals surface area contributed by atoms with Crippen molar-refractivity contribution in [2.24, 2.45) is 0 Å². The average Bonchev–Trinajstić information content (AvgIpc) is 2.74. The molecule has 1 aromatic heterocycles. The summed E-state index contributed by atoms with van der Waals surface area (Å²) >= 11 is 3.49. The van der Waals surface area contributed by atoms with Crippen LogP contribution in [0.25, 0.3) is 11.0 Å². The van der Waals surface area contributed by atoms with E-state index in [2.05, 4.69) is 34.2 Å². The molecule has 0 saturated carbocycles. The van der Waals surface area contributed by atoms with Crippen molar-refractivity contribution in [3.8, 4) is 0 Å². The number of ether oxygens (including phenoxy) is 1. The van der Waals surface area contributed by atoms with Gasteiger partial charge in [0.15, 0.2) is 0 Å². The predicted octanol–water partition coefficient (Wildman–Crippen LogP) is 3.49. The highest BCUT2D eigenvalue weighted by atomic mass is 79.9. The molecule has 1 N–H and O–H groups in total. The number of hydrogen-bond donors (Lipinski definition) is 1. The van der Waals surface area contributed by atoms with Gasteiger partial charge in [0, 0.05) is 12.5 Å². The number of para-hydroxylation sites is 1. The first-order valence-electron chi connectivity index (χ1n) is 5.66. The Balaban J connectivity index is 2.36. The Morgan fingerprint density at radius 2 is 2.29 bits per heavy atom. The summed E-state index contributed by atoms with van der Waals surface area (Å²) in [6.07, 6.45) is 0. The standard InChI is InChI=1S/C13H16BrNO2/c1-3-15-11(8-16-2)12-7-9-5-4-6-10(14)13(9)17-12/h4-7,11,15H,3,8H2,1-2H3. The van der Waals surface area contributed by atoms with E-state index in [1.54, 1.807) is 7.11 Å². The van der Waals surface area contributed by atoms with E-state index in [0.717, 1.165) is 27.7 Å². The highest BCUT2D eigenvalue weighted by Crippen LogP contribution is 2.29. The van der Waals surface area contributed by atoms with E-state index in [9.17, 15) is 0 Å². The third-order valence-electron chi connectivity index (χ3n) is 2.64. The molecule has 0 radical (unpaired) electrons. The smallest absolute Gasteiger partial charge is 0.148 e. The summed E-state index contributed by atoms with van der Waals surface area (Å²) < 4.78 is 12.1. The van der Waals surface area contributed by atoms with Crippen LogP contribution in [0.2, 0.25) is 0 Å². The Morgan fingerprint density at radius 1 is 1.47 bits per heavy atom. The van der Waals surface area contributed by atoms with Gasteiger partial charge in [0.2, 0.25) is 0 Å². The van der Waals surface area contributed by atoms with Gasteiger partial charge in [-0.15, -0.1) is 0 Å². The molecule has 1 aromatic carbocycles. The van der Waals surface area contributed by atoms with Crippen LogP contribution < -0.4 is 5.32 Å². The molecule has 4 heteroatoms. The zero-order chi connectivity index (χ0) is 12.3. The molecular weight excluding hydrogens is 282 g/mol. The van der Waals surface area contributed by atoms with Crippen LogP contribution >= 0.6 is 15.9 Å². The Kier molecular flexibility index (Phi) is 4.20. The molecular formula is C13H16BrNO2. The fourth-order valence-electron chi connectivity index (χ4n) is 1.87. The number of likely N-dealkylation sites (N-methyl/N-ethyl adjacent to an activating group) is 1. The van der Waals surface area contributed by atoms with Crippen LogP contribution in [0.5, 0.6) is 0 Å². The Hall–Kier alpha value is -0.840. The molecule has 0 aliphatic heterocycles. The summed E-state index contributed by atoms with van der Waals surface area (Å²) in [5.41, 5.74) is 0.890. The second-order valence-corrected chi connectivity index (χ2v) is 4.73. The maximum absolute atomic E-state index is 5.88. The molecule has 0 saturated heterocycles. The summed E-state index contributed by atoms with van der Waals surface area (Å²) in [6.45, 7) is 3.55. The van der Waals surface area contributed by atoms with E-state index in [-0.39, 0.29) is 6.04 Å². The minimum atomic E-state index is 0.101. The first-order valence-corrected chi connectivity index (χ1v) is 6.45. The van der Waals surface area contributed by atoms with Crippen LogP contribution in [0.4, 0.5) is 0 Å². The van der Waals surface area contributed by atoms with E-state index in [1.165, 1.54) is 0 Å². The van der Waals surface area contributed by atoms with Crippen molar-refractivity contribution in [2.75, 3.05) is 20.3 Å². The predicted molar refractivity (Wildman–Crippen MR) is 72.2 cm³/mol. The van der Waals surface area contributed by atoms with Gasteiger partial charge in [-0.3, -0.25) is 0 Å². The van der Waals surface area contributed by atoms with Crippen molar-refractivity contribution in [2.45, 2.75) is 13.0 Å². The fraction of sp³-hybridized carbons (Fsp3) is 0.385. The molecule has 0 fully saturated rings. The number of methoxy groups -OCH3 is 1. The van der Waals surface area contributed by atoms with Crippen LogP contribution in [0, 0.1) is 0 Å². The lowest BCUT2D eigenvalue weighted by molar-refractivity contribution is 0.159. The van der Waals surface area contributed by atoms with Gasteiger partial charge in [-0.2, -0.15) is 0 Å². The van der Waals surface area contributed by atoms with Crippen molar-refractivity contribution in [3.05, 3.63) is 34.5 Å². The normalized spacial score (nSPS) is 13.1. The van der Waals surface area contributed by atoms with Gasteiger partial charge >= 0.3 is 0 Å². The van der Waals surface area contributed by atoms with Gasteiger partial charge < -0.3 is 14.5 Å². The molecule has 0 amide bonds. The monoisotopic (exact) mass is 297 g/mol. The average molecular weight is 298 g/mol.